The van der Waals surface area contributed by atoms with E-state index in [1.165, 1.54) is 6.92 Å². The zero-order valence-electron chi connectivity index (χ0n) is 16.7. The Balaban J connectivity index is 1.84. The van der Waals surface area contributed by atoms with Gasteiger partial charge >= 0.3 is 0 Å². The number of nitrogens with zero attached hydrogens (tertiary/aromatic N) is 2. The summed E-state index contributed by atoms with van der Waals surface area (Å²) in [4.78, 5) is 49.2. The third-order valence-electron chi connectivity index (χ3n) is 5.14. The Bertz CT molecular complexity index is 1130. The average molecular weight is 380 g/mol. The number of aryl methyl sites for hydroxylation is 1. The van der Waals surface area contributed by atoms with E-state index in [1.807, 2.05) is 11.0 Å². The Hall–Kier alpha value is -3.06. The van der Waals surface area contributed by atoms with Gasteiger partial charge in [0.25, 0.3) is 5.56 Å². The number of likely N-dealkylation sites (N-methyl/N-ethyl adjacent to an activating group) is 1. The number of carbonyl (C=O) groups is 2. The molecule has 0 bridgehead atoms. The first-order valence-electron chi connectivity index (χ1n) is 9.13. The van der Waals surface area contributed by atoms with Crippen LogP contribution in [0.4, 0.5) is 0 Å². The van der Waals surface area contributed by atoms with Crippen molar-refractivity contribution in [3.05, 3.63) is 63.0 Å². The third kappa shape index (κ3) is 3.53. The summed E-state index contributed by atoms with van der Waals surface area (Å²) >= 11 is 0. The molecule has 3 aromatic rings. The average Bonchev–Trinajstić information content (AvgIpc) is 2.94. The predicted molar refractivity (Wildman–Crippen MR) is 108 cm³/mol. The van der Waals surface area contributed by atoms with E-state index in [0.29, 0.717) is 45.8 Å². The molecule has 0 aliphatic heterocycles. The van der Waals surface area contributed by atoms with Gasteiger partial charge in [-0.3, -0.25) is 19.3 Å². The summed E-state index contributed by atoms with van der Waals surface area (Å²) in [7, 11) is 1.80. The molecule has 2 N–H and O–H groups in total. The minimum atomic E-state index is -0.465. The highest BCUT2D eigenvalue weighted by Gasteiger charge is 2.26. The van der Waals surface area contributed by atoms with E-state index in [2.05, 4.69) is 15.0 Å². The number of nitrogens with one attached hydrogen (secondary N) is 2. The van der Waals surface area contributed by atoms with Gasteiger partial charge in [-0.15, -0.1) is 0 Å². The standard InChI is InChI=1S/C21H24N4O3/c1-11-18(14(4)26)12(2)22-19(11)20(27)13(3)25(5)10-17-23-16-9-7-6-8-15(16)21(28)24-17/h6-9,13,22H,10H2,1-5H3,(H,23,24,28)/t13-/m0/s1. The molecule has 0 aliphatic carbocycles. The molecule has 0 unspecified atom stereocenters. The van der Waals surface area contributed by atoms with Crippen molar-refractivity contribution in [3.8, 4) is 0 Å². The first-order valence-corrected chi connectivity index (χ1v) is 9.13. The molecule has 2 heterocycles. The van der Waals surface area contributed by atoms with E-state index in [-0.39, 0.29) is 17.1 Å². The smallest absolute Gasteiger partial charge is 0.258 e. The highest BCUT2D eigenvalue weighted by molar-refractivity contribution is 6.05. The second-order valence-corrected chi connectivity index (χ2v) is 7.17. The Kier molecular flexibility index (Phi) is 5.29. The summed E-state index contributed by atoms with van der Waals surface area (Å²) < 4.78 is 0. The van der Waals surface area contributed by atoms with Crippen molar-refractivity contribution in [3.63, 3.8) is 0 Å². The van der Waals surface area contributed by atoms with Crippen LogP contribution < -0.4 is 5.56 Å². The van der Waals surface area contributed by atoms with Crippen molar-refractivity contribution in [1.82, 2.24) is 19.9 Å². The SMILES string of the molecule is CC(=O)c1c(C)[nH]c(C(=O)[C@H](C)N(C)Cc2nc3ccccc3c(=O)[nH]2)c1C. The molecule has 0 amide bonds. The van der Waals surface area contributed by atoms with Crippen LogP contribution in [-0.4, -0.2) is 44.5 Å². The fourth-order valence-electron chi connectivity index (χ4n) is 3.52. The van der Waals surface area contributed by atoms with Crippen molar-refractivity contribution < 1.29 is 9.59 Å². The number of benzene rings is 1. The lowest BCUT2D eigenvalue weighted by Gasteiger charge is -2.23. The lowest BCUT2D eigenvalue weighted by atomic mass is 10.0. The summed E-state index contributed by atoms with van der Waals surface area (Å²) in [6.07, 6.45) is 0. The molecule has 7 nitrogen and oxygen atoms in total. The molecule has 1 aromatic carbocycles. The van der Waals surface area contributed by atoms with Gasteiger partial charge in [-0.25, -0.2) is 4.98 Å². The van der Waals surface area contributed by atoms with Crippen LogP contribution >= 0.6 is 0 Å². The van der Waals surface area contributed by atoms with Gasteiger partial charge in [-0.2, -0.15) is 0 Å². The molecule has 0 saturated heterocycles. The largest absolute Gasteiger partial charge is 0.355 e. The fraction of sp³-hybridized carbons (Fsp3) is 0.333. The van der Waals surface area contributed by atoms with Gasteiger partial charge in [-0.05, 0) is 52.4 Å². The van der Waals surface area contributed by atoms with Gasteiger partial charge < -0.3 is 9.97 Å². The summed E-state index contributed by atoms with van der Waals surface area (Å²) in [6.45, 7) is 7.17. The number of para-hydroxylation sites is 1. The topological polar surface area (TPSA) is 98.9 Å². The van der Waals surface area contributed by atoms with E-state index in [9.17, 15) is 14.4 Å². The van der Waals surface area contributed by atoms with Crippen molar-refractivity contribution in [2.24, 2.45) is 0 Å². The van der Waals surface area contributed by atoms with Gasteiger partial charge in [-0.1, -0.05) is 12.1 Å². The zero-order valence-corrected chi connectivity index (χ0v) is 16.7. The summed E-state index contributed by atoms with van der Waals surface area (Å²) in [5.74, 6) is 0.317. The van der Waals surface area contributed by atoms with Crippen molar-refractivity contribution in [2.45, 2.75) is 40.3 Å². The molecule has 146 valence electrons. The minimum Gasteiger partial charge on any atom is -0.355 e. The number of rotatable bonds is 6. The number of hydrogen-bond donors (Lipinski definition) is 2. The predicted octanol–water partition coefficient (Wildman–Crippen LogP) is 2.77. The number of Topliss-reactive ketones (excluding diaryl/α,β-unsaturated/α-hetero) is 2. The van der Waals surface area contributed by atoms with E-state index >= 15 is 0 Å². The lowest BCUT2D eigenvalue weighted by molar-refractivity contribution is 0.0854. The molecule has 7 heteroatoms. The molecule has 3 rings (SSSR count). The van der Waals surface area contributed by atoms with Crippen molar-refractivity contribution >= 4 is 22.5 Å². The maximum absolute atomic E-state index is 13.0. The minimum absolute atomic E-state index is 0.0655. The Morgan fingerprint density at radius 1 is 1.18 bits per heavy atom. The van der Waals surface area contributed by atoms with Gasteiger partial charge in [0.2, 0.25) is 0 Å². The number of aromatic amines is 2. The van der Waals surface area contributed by atoms with Gasteiger partial charge in [0.1, 0.15) is 5.82 Å². The first-order chi connectivity index (χ1) is 13.2. The first kappa shape index (κ1) is 19.7. The highest BCUT2D eigenvalue weighted by Crippen LogP contribution is 2.21. The van der Waals surface area contributed by atoms with Crippen molar-refractivity contribution in [1.29, 1.82) is 0 Å². The Labute approximate surface area is 162 Å². The number of ketones is 2. The third-order valence-corrected chi connectivity index (χ3v) is 5.14. The maximum atomic E-state index is 13.0. The van der Waals surface area contributed by atoms with Crippen LogP contribution in [0.3, 0.4) is 0 Å². The number of hydrogen-bond acceptors (Lipinski definition) is 5. The summed E-state index contributed by atoms with van der Waals surface area (Å²) in [5.41, 5.74) is 2.81. The van der Waals surface area contributed by atoms with Crippen LogP contribution in [0.2, 0.25) is 0 Å². The van der Waals surface area contributed by atoms with Crippen LogP contribution in [0.5, 0.6) is 0 Å². The monoisotopic (exact) mass is 380 g/mol. The van der Waals surface area contributed by atoms with Gasteiger partial charge in [0.15, 0.2) is 11.6 Å². The van der Waals surface area contributed by atoms with Crippen molar-refractivity contribution in [2.75, 3.05) is 7.05 Å². The van der Waals surface area contributed by atoms with E-state index in [4.69, 9.17) is 0 Å². The maximum Gasteiger partial charge on any atom is 0.258 e. The molecule has 1 atom stereocenters. The number of H-pyrrole nitrogens is 2. The van der Waals surface area contributed by atoms with Crippen LogP contribution in [0.25, 0.3) is 10.9 Å². The highest BCUT2D eigenvalue weighted by atomic mass is 16.1. The van der Waals surface area contributed by atoms with Crippen LogP contribution in [0.15, 0.2) is 29.1 Å². The van der Waals surface area contributed by atoms with Crippen LogP contribution in [0.1, 0.15) is 51.8 Å². The van der Waals surface area contributed by atoms with Gasteiger partial charge in [0.05, 0.1) is 29.2 Å². The number of aromatic nitrogens is 3. The molecule has 0 saturated carbocycles. The van der Waals surface area contributed by atoms with Crippen LogP contribution in [-0.2, 0) is 6.54 Å². The quantitative estimate of drug-likeness (QED) is 0.641. The molecule has 0 radical (unpaired) electrons. The molecule has 0 spiro atoms. The molecule has 0 aliphatic rings. The molecule has 28 heavy (non-hydrogen) atoms. The normalized spacial score (nSPS) is 12.5. The van der Waals surface area contributed by atoms with Gasteiger partial charge in [0, 0.05) is 11.3 Å². The second-order valence-electron chi connectivity index (χ2n) is 7.17. The second kappa shape index (κ2) is 7.52. The molecule has 0 fully saturated rings. The molecular formula is C21H24N4O3. The zero-order chi connectivity index (χ0) is 20.6. The number of carbonyl (C=O) groups excluding carboxylic acids is 2. The number of fused-ring (bicyclic) bond motifs is 1. The molecule has 2 aromatic heterocycles. The lowest BCUT2D eigenvalue weighted by Crippen LogP contribution is -2.37. The Morgan fingerprint density at radius 3 is 2.50 bits per heavy atom. The Morgan fingerprint density at radius 2 is 1.86 bits per heavy atom. The molecular weight excluding hydrogens is 356 g/mol. The van der Waals surface area contributed by atoms with E-state index < -0.39 is 6.04 Å². The summed E-state index contributed by atoms with van der Waals surface area (Å²) in [6, 6.07) is 6.67. The van der Waals surface area contributed by atoms with E-state index in [1.54, 1.807) is 46.0 Å². The fourth-order valence-corrected chi connectivity index (χ4v) is 3.52. The summed E-state index contributed by atoms with van der Waals surface area (Å²) in [5, 5.41) is 0.535. The van der Waals surface area contributed by atoms with E-state index in [0.717, 1.165) is 0 Å². The van der Waals surface area contributed by atoms with Crippen LogP contribution in [0, 0.1) is 13.8 Å².